The molecule has 2 aliphatic rings. The smallest absolute Gasteiger partial charge is 0.262 e. The molecule has 0 aliphatic carbocycles. The van der Waals surface area contributed by atoms with Crippen molar-refractivity contribution >= 4 is 35.0 Å². The number of hydrogen-bond donors (Lipinski definition) is 3. The van der Waals surface area contributed by atoms with Crippen LogP contribution in [-0.4, -0.2) is 51.1 Å². The van der Waals surface area contributed by atoms with E-state index in [0.29, 0.717) is 11.4 Å². The number of halogens is 1. The third-order valence-electron chi connectivity index (χ3n) is 5.51. The second-order valence-corrected chi connectivity index (χ2v) is 8.75. The van der Waals surface area contributed by atoms with Gasteiger partial charge in [0.05, 0.1) is 43.3 Å². The molecule has 1 saturated heterocycles. The summed E-state index contributed by atoms with van der Waals surface area (Å²) in [5, 5.41) is 5.70. The number of carbonyl (C=O) groups is 2. The molecule has 0 atom stereocenters. The van der Waals surface area contributed by atoms with E-state index in [0.717, 1.165) is 55.4 Å². The Morgan fingerprint density at radius 1 is 1.16 bits per heavy atom. The van der Waals surface area contributed by atoms with Gasteiger partial charge in [-0.05, 0) is 36.4 Å². The van der Waals surface area contributed by atoms with E-state index in [4.69, 9.17) is 0 Å². The lowest BCUT2D eigenvalue weighted by molar-refractivity contribution is -0.900. The minimum Gasteiger partial charge on any atom is -0.360 e. The second-order valence-electron chi connectivity index (χ2n) is 7.67. The Morgan fingerprint density at radius 2 is 1.90 bits per heavy atom. The highest BCUT2D eigenvalue weighted by Gasteiger charge is 2.22. The number of nitrogens with zero attached hydrogens (tertiary/aromatic N) is 1. The number of carbonyl (C=O) groups excluding carboxylic acids is 2. The van der Waals surface area contributed by atoms with Gasteiger partial charge in [0.1, 0.15) is 5.82 Å². The summed E-state index contributed by atoms with van der Waals surface area (Å²) in [6, 6.07) is 14.2. The molecule has 0 spiro atoms. The second kappa shape index (κ2) is 9.98. The Hall–Kier alpha value is -2.84. The van der Waals surface area contributed by atoms with Gasteiger partial charge in [0, 0.05) is 29.6 Å². The lowest BCUT2D eigenvalue weighted by Crippen LogP contribution is -3.15. The molecule has 2 aromatic rings. The molecule has 0 bridgehead atoms. The van der Waals surface area contributed by atoms with Crippen molar-refractivity contribution in [2.75, 3.05) is 49.5 Å². The number of thioether (sulfide) groups is 1. The van der Waals surface area contributed by atoms with Gasteiger partial charge in [-0.3, -0.25) is 9.59 Å². The molecule has 6 nitrogen and oxygen atoms in total. The Kier molecular flexibility index (Phi) is 6.89. The van der Waals surface area contributed by atoms with Crippen LogP contribution >= 0.6 is 11.8 Å². The van der Waals surface area contributed by atoms with E-state index in [-0.39, 0.29) is 17.6 Å². The molecule has 0 unspecified atom stereocenters. The van der Waals surface area contributed by atoms with Crippen molar-refractivity contribution < 1.29 is 18.9 Å². The molecule has 2 heterocycles. The molecule has 1 fully saturated rings. The van der Waals surface area contributed by atoms with E-state index in [2.05, 4.69) is 15.5 Å². The number of quaternary nitrogens is 1. The molecule has 162 valence electrons. The fourth-order valence-corrected chi connectivity index (χ4v) is 4.73. The minimum atomic E-state index is -0.248. The molecule has 31 heavy (non-hydrogen) atoms. The summed E-state index contributed by atoms with van der Waals surface area (Å²) in [5.41, 5.74) is 1.84. The molecule has 0 radical (unpaired) electrons. The Bertz CT molecular complexity index is 972. The van der Waals surface area contributed by atoms with Gasteiger partial charge in [-0.25, -0.2) is 4.39 Å². The maximum atomic E-state index is 13.1. The normalized spacial score (nSPS) is 17.9. The van der Waals surface area contributed by atoms with Crippen LogP contribution in [0.5, 0.6) is 0 Å². The zero-order valence-electron chi connectivity index (χ0n) is 17.2. The highest BCUT2D eigenvalue weighted by atomic mass is 32.2. The van der Waals surface area contributed by atoms with Gasteiger partial charge < -0.3 is 20.4 Å². The molecular formula is C23H26FN4O2S+. The van der Waals surface area contributed by atoms with Crippen LogP contribution in [0.3, 0.4) is 0 Å². The molecule has 0 aromatic heterocycles. The van der Waals surface area contributed by atoms with Crippen molar-refractivity contribution in [2.45, 2.75) is 11.3 Å². The molecule has 8 heteroatoms. The molecule has 2 aromatic carbocycles. The van der Waals surface area contributed by atoms with Gasteiger partial charge in [-0.15, -0.1) is 0 Å². The van der Waals surface area contributed by atoms with Crippen LogP contribution in [0.2, 0.25) is 0 Å². The van der Waals surface area contributed by atoms with Crippen molar-refractivity contribution in [3.63, 3.8) is 0 Å². The van der Waals surface area contributed by atoms with Crippen LogP contribution in [0.15, 0.2) is 64.4 Å². The van der Waals surface area contributed by atoms with Gasteiger partial charge >= 0.3 is 0 Å². The zero-order chi connectivity index (χ0) is 21.6. The quantitative estimate of drug-likeness (QED) is 0.471. The summed E-state index contributed by atoms with van der Waals surface area (Å²) in [6.07, 6.45) is 2.26. The van der Waals surface area contributed by atoms with Gasteiger partial charge in [0.2, 0.25) is 5.91 Å². The standard InChI is InChI=1S/C23H25FN4O2S/c24-17-6-8-18(9-7-17)28-14-12-27(13-15-28)11-3-10-25-22(29)16-21-23(30)26-19-4-1-2-5-20(19)31-21/h1-2,4-9,16H,3,10-15H2,(H,25,29)(H,26,30)/p+1. The monoisotopic (exact) mass is 441 g/mol. The van der Waals surface area contributed by atoms with Gasteiger partial charge in [0.15, 0.2) is 0 Å². The predicted octanol–water partition coefficient (Wildman–Crippen LogP) is 1.67. The molecule has 3 N–H and O–H groups in total. The Morgan fingerprint density at radius 3 is 2.68 bits per heavy atom. The number of piperazine rings is 1. The molecule has 2 aliphatic heterocycles. The number of benzene rings is 2. The Labute approximate surface area is 185 Å². The summed E-state index contributed by atoms with van der Waals surface area (Å²) in [4.78, 5) is 29.5. The number of amides is 2. The lowest BCUT2D eigenvalue weighted by atomic mass is 10.2. The van der Waals surface area contributed by atoms with Crippen LogP contribution in [-0.2, 0) is 9.59 Å². The van der Waals surface area contributed by atoms with Crippen molar-refractivity contribution in [1.29, 1.82) is 0 Å². The first-order valence-corrected chi connectivity index (χ1v) is 11.3. The molecule has 0 saturated carbocycles. The number of para-hydroxylation sites is 1. The first kappa shape index (κ1) is 21.4. The topological polar surface area (TPSA) is 65.9 Å². The van der Waals surface area contributed by atoms with Gasteiger partial charge in [-0.2, -0.15) is 0 Å². The lowest BCUT2D eigenvalue weighted by Gasteiger charge is -2.33. The minimum absolute atomic E-state index is 0.210. The third kappa shape index (κ3) is 5.65. The van der Waals surface area contributed by atoms with Crippen molar-refractivity contribution in [3.8, 4) is 0 Å². The SMILES string of the molecule is O=C(C=C1Sc2ccccc2NC1=O)NCCC[NH+]1CCN(c2ccc(F)cc2)CC1. The largest absolute Gasteiger partial charge is 0.360 e. The average molecular weight is 442 g/mol. The maximum Gasteiger partial charge on any atom is 0.262 e. The first-order valence-electron chi connectivity index (χ1n) is 10.5. The van der Waals surface area contributed by atoms with Crippen LogP contribution in [0, 0.1) is 5.82 Å². The number of anilines is 2. The summed E-state index contributed by atoms with van der Waals surface area (Å²) in [6.45, 7) is 5.48. The number of fused-ring (bicyclic) bond motifs is 1. The fraction of sp³-hybridized carbons (Fsp3) is 0.304. The average Bonchev–Trinajstić information content (AvgIpc) is 2.78. The van der Waals surface area contributed by atoms with Crippen molar-refractivity contribution in [3.05, 3.63) is 65.3 Å². The zero-order valence-corrected chi connectivity index (χ0v) is 18.0. The maximum absolute atomic E-state index is 13.1. The highest BCUT2D eigenvalue weighted by molar-refractivity contribution is 8.04. The number of hydrogen-bond acceptors (Lipinski definition) is 4. The summed E-state index contributed by atoms with van der Waals surface area (Å²) in [7, 11) is 0. The van der Waals surface area contributed by atoms with E-state index in [1.807, 2.05) is 36.4 Å². The Balaban J connectivity index is 1.17. The van der Waals surface area contributed by atoms with Crippen LogP contribution < -0.4 is 20.4 Å². The van der Waals surface area contributed by atoms with E-state index in [1.54, 1.807) is 0 Å². The van der Waals surface area contributed by atoms with Gasteiger partial charge in [-0.1, -0.05) is 23.9 Å². The van der Waals surface area contributed by atoms with E-state index in [9.17, 15) is 14.0 Å². The highest BCUT2D eigenvalue weighted by Crippen LogP contribution is 2.37. The summed E-state index contributed by atoms with van der Waals surface area (Å²) < 4.78 is 13.1. The van der Waals surface area contributed by atoms with E-state index < -0.39 is 0 Å². The van der Waals surface area contributed by atoms with Gasteiger partial charge in [0.25, 0.3) is 5.91 Å². The van der Waals surface area contributed by atoms with Crippen molar-refractivity contribution in [2.24, 2.45) is 0 Å². The van der Waals surface area contributed by atoms with Crippen LogP contribution in [0.4, 0.5) is 15.8 Å². The summed E-state index contributed by atoms with van der Waals surface area (Å²) >= 11 is 1.31. The fourth-order valence-electron chi connectivity index (χ4n) is 3.81. The van der Waals surface area contributed by atoms with E-state index >= 15 is 0 Å². The number of nitrogens with one attached hydrogen (secondary N) is 3. The molecule has 4 rings (SSSR count). The number of rotatable bonds is 6. The van der Waals surface area contributed by atoms with E-state index in [1.165, 1.54) is 34.9 Å². The van der Waals surface area contributed by atoms with Crippen molar-refractivity contribution in [1.82, 2.24) is 5.32 Å². The van der Waals surface area contributed by atoms with Crippen LogP contribution in [0.1, 0.15) is 6.42 Å². The molecule has 2 amide bonds. The summed E-state index contributed by atoms with van der Waals surface area (Å²) in [5.74, 6) is -0.700. The first-order chi connectivity index (χ1) is 15.1. The molecular weight excluding hydrogens is 415 g/mol. The third-order valence-corrected chi connectivity index (χ3v) is 6.61. The predicted molar refractivity (Wildman–Crippen MR) is 121 cm³/mol. The van der Waals surface area contributed by atoms with Crippen LogP contribution in [0.25, 0.3) is 0 Å².